The van der Waals surface area contributed by atoms with E-state index in [0.29, 0.717) is 19.5 Å². The van der Waals surface area contributed by atoms with Gasteiger partial charge in [0.15, 0.2) is 0 Å². The van der Waals surface area contributed by atoms with E-state index in [-0.39, 0.29) is 5.91 Å². The van der Waals surface area contributed by atoms with Crippen molar-refractivity contribution in [1.82, 2.24) is 4.90 Å². The number of carbonyl (C=O) groups excluding carboxylic acids is 1. The summed E-state index contributed by atoms with van der Waals surface area (Å²) in [5.74, 6) is -1.27. The first-order valence-corrected chi connectivity index (χ1v) is 7.40. The number of hydrogen-bond acceptors (Lipinski definition) is 2. The molecule has 0 aromatic heterocycles. The van der Waals surface area contributed by atoms with Crippen LogP contribution in [0.3, 0.4) is 0 Å². The van der Waals surface area contributed by atoms with Crippen molar-refractivity contribution in [1.29, 1.82) is 0 Å². The highest BCUT2D eigenvalue weighted by molar-refractivity contribution is 9.10. The Morgan fingerprint density at radius 2 is 2.10 bits per heavy atom. The lowest BCUT2D eigenvalue weighted by Crippen LogP contribution is -2.42. The molecule has 1 aliphatic heterocycles. The Morgan fingerprint density at radius 1 is 1.40 bits per heavy atom. The maximum atomic E-state index is 12.7. The summed E-state index contributed by atoms with van der Waals surface area (Å²) in [6, 6.07) is 7.68. The summed E-state index contributed by atoms with van der Waals surface area (Å²) in [4.78, 5) is 25.3. The molecular weight excluding hydrogens is 322 g/mol. The van der Waals surface area contributed by atoms with Crippen LogP contribution in [0.4, 0.5) is 0 Å². The van der Waals surface area contributed by atoms with Crippen LogP contribution in [0.5, 0.6) is 0 Å². The fourth-order valence-corrected chi connectivity index (χ4v) is 2.94. The van der Waals surface area contributed by atoms with Crippen LogP contribution in [0, 0.1) is 5.92 Å². The maximum Gasteiger partial charge on any atom is 0.308 e. The van der Waals surface area contributed by atoms with Gasteiger partial charge in [0.25, 0.3) is 0 Å². The van der Waals surface area contributed by atoms with Crippen molar-refractivity contribution in [3.05, 3.63) is 34.3 Å². The monoisotopic (exact) mass is 339 g/mol. The molecule has 1 aliphatic rings. The van der Waals surface area contributed by atoms with E-state index in [9.17, 15) is 9.59 Å². The topological polar surface area (TPSA) is 57.6 Å². The number of aliphatic carboxylic acids is 1. The van der Waals surface area contributed by atoms with Crippen LogP contribution < -0.4 is 0 Å². The first-order chi connectivity index (χ1) is 9.32. The Balaban J connectivity index is 2.18. The number of halogens is 1. The van der Waals surface area contributed by atoms with Crippen molar-refractivity contribution in [2.24, 2.45) is 5.92 Å². The molecule has 1 heterocycles. The van der Waals surface area contributed by atoms with Crippen molar-refractivity contribution in [2.75, 3.05) is 13.1 Å². The summed E-state index contributed by atoms with van der Waals surface area (Å²) >= 11 is 3.41. The fraction of sp³-hybridized carbons (Fsp3) is 0.467. The summed E-state index contributed by atoms with van der Waals surface area (Å²) in [7, 11) is 0. The minimum Gasteiger partial charge on any atom is -0.481 e. The highest BCUT2D eigenvalue weighted by Crippen LogP contribution is 2.30. The predicted molar refractivity (Wildman–Crippen MR) is 79.5 cm³/mol. The van der Waals surface area contributed by atoms with E-state index in [4.69, 9.17) is 5.11 Å². The molecule has 1 aromatic rings. The van der Waals surface area contributed by atoms with E-state index in [1.165, 1.54) is 0 Å². The predicted octanol–water partition coefficient (Wildman–Crippen LogP) is 2.66. The Kier molecular flexibility index (Phi) is 4.18. The van der Waals surface area contributed by atoms with Crippen LogP contribution >= 0.6 is 15.9 Å². The smallest absolute Gasteiger partial charge is 0.308 e. The van der Waals surface area contributed by atoms with Gasteiger partial charge in [-0.1, -0.05) is 28.1 Å². The van der Waals surface area contributed by atoms with Crippen molar-refractivity contribution in [3.8, 4) is 0 Å². The first kappa shape index (κ1) is 15.0. The number of nitrogens with zero attached hydrogens (tertiary/aromatic N) is 1. The molecule has 0 radical (unpaired) electrons. The molecule has 4 nitrogen and oxygen atoms in total. The molecule has 1 saturated heterocycles. The lowest BCUT2D eigenvalue weighted by molar-refractivity contribution is -0.141. The van der Waals surface area contributed by atoms with E-state index in [1.807, 2.05) is 38.1 Å². The molecule has 1 fully saturated rings. The second kappa shape index (κ2) is 5.56. The SMILES string of the molecule is CC(C)(C(=O)N1CCC(C(=O)O)C1)c1cccc(Br)c1. The van der Waals surface area contributed by atoms with Crippen molar-refractivity contribution < 1.29 is 14.7 Å². The quantitative estimate of drug-likeness (QED) is 0.920. The molecule has 1 unspecified atom stereocenters. The van der Waals surface area contributed by atoms with Gasteiger partial charge in [0.2, 0.25) is 5.91 Å². The third-order valence-corrected chi connectivity index (χ3v) is 4.40. The van der Waals surface area contributed by atoms with Gasteiger partial charge in [-0.3, -0.25) is 9.59 Å². The standard InChI is InChI=1S/C15H18BrNO3/c1-15(2,11-4-3-5-12(16)8-11)14(20)17-7-6-10(9-17)13(18)19/h3-5,8,10H,6-7,9H2,1-2H3,(H,18,19). The van der Waals surface area contributed by atoms with Gasteiger partial charge in [-0.2, -0.15) is 0 Å². The normalized spacial score (nSPS) is 19.1. The van der Waals surface area contributed by atoms with Gasteiger partial charge in [0, 0.05) is 17.6 Å². The van der Waals surface area contributed by atoms with Gasteiger partial charge in [-0.25, -0.2) is 0 Å². The second-order valence-corrected chi connectivity index (χ2v) is 6.63. The Morgan fingerprint density at radius 3 is 2.65 bits per heavy atom. The summed E-state index contributed by atoms with van der Waals surface area (Å²) in [6.45, 7) is 4.59. The van der Waals surface area contributed by atoms with Crippen LogP contribution in [0.2, 0.25) is 0 Å². The molecule has 0 bridgehead atoms. The van der Waals surface area contributed by atoms with Crippen molar-refractivity contribution in [2.45, 2.75) is 25.7 Å². The van der Waals surface area contributed by atoms with Crippen LogP contribution in [0.15, 0.2) is 28.7 Å². The van der Waals surface area contributed by atoms with E-state index < -0.39 is 17.3 Å². The molecule has 1 atom stereocenters. The lowest BCUT2D eigenvalue weighted by Gasteiger charge is -2.29. The largest absolute Gasteiger partial charge is 0.481 e. The van der Waals surface area contributed by atoms with E-state index in [1.54, 1.807) is 4.90 Å². The summed E-state index contributed by atoms with van der Waals surface area (Å²) < 4.78 is 0.931. The zero-order chi connectivity index (χ0) is 14.9. The Labute approximate surface area is 126 Å². The fourth-order valence-electron chi connectivity index (χ4n) is 2.54. The molecule has 108 valence electrons. The maximum absolute atomic E-state index is 12.7. The summed E-state index contributed by atoms with van der Waals surface area (Å²) in [6.07, 6.45) is 0.537. The van der Waals surface area contributed by atoms with Gasteiger partial charge in [-0.05, 0) is 38.0 Å². The first-order valence-electron chi connectivity index (χ1n) is 6.60. The number of carboxylic acid groups (broad SMARTS) is 1. The number of carbonyl (C=O) groups is 2. The number of amides is 1. The van der Waals surface area contributed by atoms with Crippen LogP contribution in [-0.2, 0) is 15.0 Å². The molecule has 0 aliphatic carbocycles. The average Bonchev–Trinajstić information content (AvgIpc) is 2.87. The lowest BCUT2D eigenvalue weighted by atomic mass is 9.83. The molecule has 1 N–H and O–H groups in total. The molecule has 2 rings (SSSR count). The van der Waals surface area contributed by atoms with Gasteiger partial charge in [-0.15, -0.1) is 0 Å². The van der Waals surface area contributed by atoms with Crippen molar-refractivity contribution >= 4 is 27.8 Å². The molecule has 20 heavy (non-hydrogen) atoms. The van der Waals surface area contributed by atoms with Crippen LogP contribution in [0.25, 0.3) is 0 Å². The minimum absolute atomic E-state index is 0.0145. The van der Waals surface area contributed by atoms with Gasteiger partial charge >= 0.3 is 5.97 Å². The highest BCUT2D eigenvalue weighted by Gasteiger charge is 2.38. The number of rotatable bonds is 3. The molecule has 1 aromatic carbocycles. The zero-order valence-electron chi connectivity index (χ0n) is 11.6. The third kappa shape index (κ3) is 2.87. The van der Waals surface area contributed by atoms with Gasteiger partial charge in [0.05, 0.1) is 11.3 Å². The van der Waals surface area contributed by atoms with Crippen LogP contribution in [-0.4, -0.2) is 35.0 Å². The molecular formula is C15H18BrNO3. The minimum atomic E-state index is -0.819. The van der Waals surface area contributed by atoms with E-state index in [2.05, 4.69) is 15.9 Å². The molecule has 0 saturated carbocycles. The van der Waals surface area contributed by atoms with Gasteiger partial charge in [0.1, 0.15) is 0 Å². The molecule has 0 spiro atoms. The zero-order valence-corrected chi connectivity index (χ0v) is 13.2. The Bertz CT molecular complexity index is 542. The molecule has 5 heteroatoms. The number of hydrogen-bond donors (Lipinski definition) is 1. The van der Waals surface area contributed by atoms with Crippen molar-refractivity contribution in [3.63, 3.8) is 0 Å². The summed E-state index contributed by atoms with van der Waals surface area (Å²) in [5, 5.41) is 9.02. The Hall–Kier alpha value is -1.36. The third-order valence-electron chi connectivity index (χ3n) is 3.91. The number of carboxylic acids is 1. The second-order valence-electron chi connectivity index (χ2n) is 5.71. The highest BCUT2D eigenvalue weighted by atomic mass is 79.9. The van der Waals surface area contributed by atoms with Crippen LogP contribution in [0.1, 0.15) is 25.8 Å². The van der Waals surface area contributed by atoms with E-state index in [0.717, 1.165) is 10.0 Å². The van der Waals surface area contributed by atoms with E-state index >= 15 is 0 Å². The summed E-state index contributed by atoms with van der Waals surface area (Å²) in [5.41, 5.74) is 0.271. The number of likely N-dealkylation sites (tertiary alicyclic amines) is 1. The molecule has 1 amide bonds. The van der Waals surface area contributed by atoms with Gasteiger partial charge < -0.3 is 10.0 Å². The average molecular weight is 340 g/mol. The number of benzene rings is 1.